The van der Waals surface area contributed by atoms with Gasteiger partial charge in [-0.2, -0.15) is 4.98 Å². The normalized spacial score (nSPS) is 15.8. The molecule has 3 aromatic rings. The molecule has 0 aromatic carbocycles. The Morgan fingerprint density at radius 3 is 2.81 bits per heavy atom. The van der Waals surface area contributed by atoms with Gasteiger partial charge in [0.2, 0.25) is 11.7 Å². The summed E-state index contributed by atoms with van der Waals surface area (Å²) in [4.78, 5) is 39.6. The minimum Gasteiger partial charge on any atom is -0.461 e. The number of ether oxygens (including phenoxy) is 1. The first-order valence-corrected chi connectivity index (χ1v) is 9.98. The van der Waals surface area contributed by atoms with Crippen LogP contribution in [-0.4, -0.2) is 50.0 Å². The van der Waals surface area contributed by atoms with Gasteiger partial charge >= 0.3 is 5.97 Å². The summed E-state index contributed by atoms with van der Waals surface area (Å²) >= 11 is 0. The van der Waals surface area contributed by atoms with E-state index >= 15 is 0 Å². The van der Waals surface area contributed by atoms with Gasteiger partial charge in [-0.15, -0.1) is 0 Å². The van der Waals surface area contributed by atoms with Crippen LogP contribution in [0.5, 0.6) is 0 Å². The number of likely N-dealkylation sites (tertiary alicyclic amines) is 1. The highest BCUT2D eigenvalue weighted by Gasteiger charge is 2.32. The quantitative estimate of drug-likeness (QED) is 0.615. The molecule has 0 radical (unpaired) electrons. The molecular weight excluding hydrogens is 400 g/mol. The van der Waals surface area contributed by atoms with Crippen LogP contribution < -0.4 is 5.73 Å². The van der Waals surface area contributed by atoms with Crippen LogP contribution >= 0.6 is 0 Å². The minimum atomic E-state index is -0.592. The van der Waals surface area contributed by atoms with Crippen molar-refractivity contribution in [2.75, 3.05) is 18.9 Å². The number of esters is 1. The van der Waals surface area contributed by atoms with E-state index in [1.165, 1.54) is 12.3 Å². The van der Waals surface area contributed by atoms with Crippen LogP contribution in [-0.2, 0) is 4.74 Å². The van der Waals surface area contributed by atoms with Crippen molar-refractivity contribution < 1.29 is 18.8 Å². The lowest BCUT2D eigenvalue weighted by atomic mass is 10.0. The van der Waals surface area contributed by atoms with Crippen LogP contribution in [0.4, 0.5) is 5.69 Å². The fraction of sp³-hybridized carbons (Fsp3) is 0.333. The van der Waals surface area contributed by atoms with Gasteiger partial charge in [-0.25, -0.2) is 9.78 Å². The average molecular weight is 422 g/mol. The number of hydrogen-bond acceptors (Lipinski definition) is 9. The summed E-state index contributed by atoms with van der Waals surface area (Å²) in [6.07, 6.45) is 4.67. The molecule has 1 atom stereocenters. The van der Waals surface area contributed by atoms with Crippen molar-refractivity contribution in [3.05, 3.63) is 53.3 Å². The molecule has 160 valence electrons. The third-order valence-electron chi connectivity index (χ3n) is 5.09. The Balaban J connectivity index is 1.58. The number of aryl methyl sites for hydroxylation is 1. The summed E-state index contributed by atoms with van der Waals surface area (Å²) in [5, 5.41) is 3.87. The molecule has 0 aliphatic carbocycles. The van der Waals surface area contributed by atoms with E-state index in [0.29, 0.717) is 24.0 Å². The van der Waals surface area contributed by atoms with Gasteiger partial charge in [-0.05, 0) is 37.5 Å². The van der Waals surface area contributed by atoms with Crippen molar-refractivity contribution in [1.82, 2.24) is 25.0 Å². The molecule has 1 fully saturated rings. The minimum absolute atomic E-state index is 0.0524. The Morgan fingerprint density at radius 2 is 2.13 bits per heavy atom. The predicted octanol–water partition coefficient (Wildman–Crippen LogP) is 2.57. The van der Waals surface area contributed by atoms with Crippen molar-refractivity contribution >= 4 is 17.6 Å². The van der Waals surface area contributed by atoms with Crippen LogP contribution in [0.2, 0.25) is 0 Å². The van der Waals surface area contributed by atoms with Gasteiger partial charge in [0, 0.05) is 19.7 Å². The van der Waals surface area contributed by atoms with Gasteiger partial charge in [-0.1, -0.05) is 11.2 Å². The SMILES string of the molecule is CCOC(=O)c1cc(C(=O)N2CCC[C@@H]2c2ccc(-c3noc(C)n3)nc2)c(N)cn1. The van der Waals surface area contributed by atoms with E-state index < -0.39 is 5.97 Å². The van der Waals surface area contributed by atoms with E-state index in [1.54, 1.807) is 31.0 Å². The van der Waals surface area contributed by atoms with Gasteiger partial charge in [0.05, 0.1) is 30.1 Å². The molecule has 0 bridgehead atoms. The first-order chi connectivity index (χ1) is 15.0. The molecule has 4 rings (SSSR count). The number of rotatable bonds is 5. The van der Waals surface area contributed by atoms with Gasteiger partial charge in [0.15, 0.2) is 0 Å². The third kappa shape index (κ3) is 4.09. The second kappa shape index (κ2) is 8.50. The lowest BCUT2D eigenvalue weighted by Gasteiger charge is -2.25. The van der Waals surface area contributed by atoms with Crippen molar-refractivity contribution in [3.8, 4) is 11.5 Å². The van der Waals surface area contributed by atoms with Crippen molar-refractivity contribution in [2.45, 2.75) is 32.7 Å². The predicted molar refractivity (Wildman–Crippen MR) is 110 cm³/mol. The summed E-state index contributed by atoms with van der Waals surface area (Å²) in [7, 11) is 0. The number of amides is 1. The van der Waals surface area contributed by atoms with E-state index in [2.05, 4.69) is 20.1 Å². The van der Waals surface area contributed by atoms with Crippen molar-refractivity contribution in [3.63, 3.8) is 0 Å². The number of hydrogen-bond donors (Lipinski definition) is 1. The van der Waals surface area contributed by atoms with Crippen LogP contribution in [0.15, 0.2) is 35.1 Å². The topological polar surface area (TPSA) is 137 Å². The molecule has 4 heterocycles. The Kier molecular flexibility index (Phi) is 5.61. The summed E-state index contributed by atoms with van der Waals surface area (Å²) in [6.45, 7) is 4.21. The Morgan fingerprint density at radius 1 is 1.29 bits per heavy atom. The van der Waals surface area contributed by atoms with Crippen LogP contribution in [0.3, 0.4) is 0 Å². The molecule has 1 aliphatic heterocycles. The molecule has 3 aromatic heterocycles. The maximum atomic E-state index is 13.3. The van der Waals surface area contributed by atoms with Crippen molar-refractivity contribution in [2.24, 2.45) is 0 Å². The molecule has 1 amide bonds. The highest BCUT2D eigenvalue weighted by Crippen LogP contribution is 2.34. The Bertz CT molecular complexity index is 1110. The molecule has 0 unspecified atom stereocenters. The van der Waals surface area contributed by atoms with E-state index in [0.717, 1.165) is 18.4 Å². The first-order valence-electron chi connectivity index (χ1n) is 9.98. The fourth-order valence-corrected chi connectivity index (χ4v) is 3.62. The van der Waals surface area contributed by atoms with Gasteiger partial charge in [0.1, 0.15) is 11.4 Å². The number of pyridine rings is 2. The maximum Gasteiger partial charge on any atom is 0.356 e. The highest BCUT2D eigenvalue weighted by molar-refractivity contribution is 6.01. The van der Waals surface area contributed by atoms with Crippen molar-refractivity contribution in [1.29, 1.82) is 0 Å². The number of aromatic nitrogens is 4. The number of nitrogen functional groups attached to an aromatic ring is 1. The van der Waals surface area contributed by atoms with E-state index in [4.69, 9.17) is 15.0 Å². The summed E-state index contributed by atoms with van der Waals surface area (Å²) in [5.74, 6) is 0.0295. The molecule has 1 saturated heterocycles. The van der Waals surface area contributed by atoms with E-state index in [-0.39, 0.29) is 35.5 Å². The molecule has 1 aliphatic rings. The van der Waals surface area contributed by atoms with Crippen LogP contribution in [0, 0.1) is 6.92 Å². The second-order valence-electron chi connectivity index (χ2n) is 7.15. The number of anilines is 1. The van der Waals surface area contributed by atoms with Gasteiger partial charge < -0.3 is 19.9 Å². The smallest absolute Gasteiger partial charge is 0.356 e. The Labute approximate surface area is 178 Å². The zero-order valence-corrected chi connectivity index (χ0v) is 17.2. The molecule has 10 nitrogen and oxygen atoms in total. The lowest BCUT2D eigenvalue weighted by Crippen LogP contribution is -2.31. The zero-order valence-electron chi connectivity index (χ0n) is 17.2. The molecule has 0 spiro atoms. The number of nitrogens with two attached hydrogens (primary N) is 1. The van der Waals surface area contributed by atoms with E-state index in [1.807, 2.05) is 6.07 Å². The van der Waals surface area contributed by atoms with E-state index in [9.17, 15) is 9.59 Å². The molecule has 2 N–H and O–H groups in total. The molecule has 10 heteroatoms. The monoisotopic (exact) mass is 422 g/mol. The molecule has 31 heavy (non-hydrogen) atoms. The highest BCUT2D eigenvalue weighted by atomic mass is 16.5. The average Bonchev–Trinajstić information content (AvgIpc) is 3.43. The number of carbonyl (C=O) groups excluding carboxylic acids is 2. The molecule has 0 saturated carbocycles. The first kappa shape index (κ1) is 20.5. The molecular formula is C21H22N6O4. The standard InChI is InChI=1S/C21H22N6O4/c1-3-30-21(29)17-9-14(15(22)11-24-17)20(28)27-8-4-5-18(27)13-6-7-16(23-10-13)19-25-12(2)31-26-19/h6-7,9-11,18H,3-5,8,22H2,1-2H3/t18-/m1/s1. The third-order valence-corrected chi connectivity index (χ3v) is 5.09. The Hall–Kier alpha value is -3.82. The fourth-order valence-electron chi connectivity index (χ4n) is 3.62. The summed E-state index contributed by atoms with van der Waals surface area (Å²) < 4.78 is 9.97. The summed E-state index contributed by atoms with van der Waals surface area (Å²) in [6, 6.07) is 4.95. The number of carbonyl (C=O) groups is 2. The number of nitrogens with zero attached hydrogens (tertiary/aromatic N) is 5. The van der Waals surface area contributed by atoms with Gasteiger partial charge in [-0.3, -0.25) is 9.78 Å². The largest absolute Gasteiger partial charge is 0.461 e. The zero-order chi connectivity index (χ0) is 22.0. The summed E-state index contributed by atoms with van der Waals surface area (Å²) in [5.41, 5.74) is 7.99. The van der Waals surface area contributed by atoms with Gasteiger partial charge in [0.25, 0.3) is 5.91 Å². The lowest BCUT2D eigenvalue weighted by molar-refractivity contribution is 0.0519. The van der Waals surface area contributed by atoms with Crippen LogP contribution in [0.25, 0.3) is 11.5 Å². The maximum absolute atomic E-state index is 13.3. The van der Waals surface area contributed by atoms with Crippen LogP contribution in [0.1, 0.15) is 58.1 Å². The second-order valence-corrected chi connectivity index (χ2v) is 7.15.